The molecule has 0 saturated carbocycles. The van der Waals surface area contributed by atoms with Gasteiger partial charge in [0.05, 0.1) is 5.70 Å². The number of nitrogens with one attached hydrogen (secondary N) is 1. The second-order valence-corrected chi connectivity index (χ2v) is 5.23. The molecule has 0 saturated heterocycles. The van der Waals surface area contributed by atoms with E-state index in [0.29, 0.717) is 5.70 Å². The molecule has 0 fully saturated rings. The molecule has 2 rings (SSSR count). The molecule has 106 valence electrons. The standard InChI is InChI=1S/C16H16N4S/c1-21-14-4-2-3-13(9-14)11-5-7-12(8-6-11)16(18)15(10-17)20-19/h2-9,20H,18-19H2,1H3/b16-15-. The van der Waals surface area contributed by atoms with Crippen LogP contribution in [0.5, 0.6) is 0 Å². The van der Waals surface area contributed by atoms with Crippen molar-refractivity contribution in [2.45, 2.75) is 4.90 Å². The quantitative estimate of drug-likeness (QED) is 0.349. The van der Waals surface area contributed by atoms with Crippen LogP contribution in [0.2, 0.25) is 0 Å². The van der Waals surface area contributed by atoms with Gasteiger partial charge in [-0.2, -0.15) is 5.26 Å². The number of hydrogen-bond donors (Lipinski definition) is 3. The van der Waals surface area contributed by atoms with E-state index in [1.54, 1.807) is 11.8 Å². The minimum atomic E-state index is 0.159. The Bertz CT molecular complexity index is 699. The van der Waals surface area contributed by atoms with E-state index in [9.17, 15) is 0 Å². The Morgan fingerprint density at radius 3 is 2.43 bits per heavy atom. The summed E-state index contributed by atoms with van der Waals surface area (Å²) >= 11 is 1.71. The van der Waals surface area contributed by atoms with Crippen LogP contribution >= 0.6 is 11.8 Å². The summed E-state index contributed by atoms with van der Waals surface area (Å²) in [6.07, 6.45) is 2.05. The van der Waals surface area contributed by atoms with Gasteiger partial charge in [0, 0.05) is 10.5 Å². The summed E-state index contributed by atoms with van der Waals surface area (Å²) in [7, 11) is 0. The lowest BCUT2D eigenvalue weighted by molar-refractivity contribution is 0.920. The number of hydrogen-bond acceptors (Lipinski definition) is 5. The highest BCUT2D eigenvalue weighted by Gasteiger charge is 2.05. The Morgan fingerprint density at radius 1 is 1.14 bits per heavy atom. The van der Waals surface area contributed by atoms with E-state index >= 15 is 0 Å². The molecule has 21 heavy (non-hydrogen) atoms. The van der Waals surface area contributed by atoms with E-state index in [1.807, 2.05) is 36.4 Å². The van der Waals surface area contributed by atoms with Crippen LogP contribution in [0, 0.1) is 11.3 Å². The molecule has 0 aliphatic carbocycles. The Hall–Kier alpha value is -2.42. The van der Waals surface area contributed by atoms with Gasteiger partial charge in [-0.15, -0.1) is 11.8 Å². The van der Waals surface area contributed by atoms with Crippen LogP contribution in [-0.2, 0) is 0 Å². The number of nitrogens with two attached hydrogens (primary N) is 2. The molecule has 0 amide bonds. The fourth-order valence-electron chi connectivity index (χ4n) is 1.96. The SMILES string of the molecule is CSc1cccc(-c2ccc(/C(N)=C(\C#N)NN)cc2)c1. The van der Waals surface area contributed by atoms with Gasteiger partial charge in [0.2, 0.25) is 0 Å². The van der Waals surface area contributed by atoms with E-state index in [-0.39, 0.29) is 5.70 Å². The Morgan fingerprint density at radius 2 is 1.86 bits per heavy atom. The summed E-state index contributed by atoms with van der Waals surface area (Å²) in [4.78, 5) is 1.22. The van der Waals surface area contributed by atoms with E-state index in [0.717, 1.165) is 16.7 Å². The molecule has 2 aromatic carbocycles. The normalized spacial score (nSPS) is 11.5. The molecule has 5 heteroatoms. The predicted molar refractivity (Wildman–Crippen MR) is 87.7 cm³/mol. The Kier molecular flexibility index (Phi) is 4.88. The number of thioether (sulfide) groups is 1. The van der Waals surface area contributed by atoms with Crippen LogP contribution in [-0.4, -0.2) is 6.26 Å². The highest BCUT2D eigenvalue weighted by molar-refractivity contribution is 7.98. The fourth-order valence-corrected chi connectivity index (χ4v) is 2.42. The van der Waals surface area contributed by atoms with Gasteiger partial charge >= 0.3 is 0 Å². The number of hydrazine groups is 1. The molecule has 0 bridgehead atoms. The smallest absolute Gasteiger partial charge is 0.151 e. The summed E-state index contributed by atoms with van der Waals surface area (Å²) in [6, 6.07) is 18.0. The summed E-state index contributed by atoms with van der Waals surface area (Å²) in [5.41, 5.74) is 11.7. The van der Waals surface area contributed by atoms with Gasteiger partial charge in [0.1, 0.15) is 6.07 Å². The van der Waals surface area contributed by atoms with Crippen molar-refractivity contribution in [1.82, 2.24) is 5.43 Å². The Balaban J connectivity index is 2.35. The molecule has 5 N–H and O–H groups in total. The molecule has 0 aliphatic heterocycles. The van der Waals surface area contributed by atoms with Crippen molar-refractivity contribution in [2.24, 2.45) is 11.6 Å². The lowest BCUT2D eigenvalue weighted by atomic mass is 10.0. The van der Waals surface area contributed by atoms with Gasteiger partial charge in [-0.25, -0.2) is 5.84 Å². The molecule has 0 atom stereocenters. The lowest BCUT2D eigenvalue weighted by Gasteiger charge is -2.08. The van der Waals surface area contributed by atoms with Crippen LogP contribution in [0.15, 0.2) is 59.1 Å². The van der Waals surface area contributed by atoms with Crippen molar-refractivity contribution in [3.63, 3.8) is 0 Å². The van der Waals surface area contributed by atoms with Gasteiger partial charge in [-0.05, 0) is 29.5 Å². The third-order valence-electron chi connectivity index (χ3n) is 3.12. The molecule has 0 aliphatic rings. The van der Waals surface area contributed by atoms with E-state index < -0.39 is 0 Å². The molecule has 0 aromatic heterocycles. The van der Waals surface area contributed by atoms with Crippen molar-refractivity contribution in [3.05, 3.63) is 59.8 Å². The third kappa shape index (κ3) is 3.37. The monoisotopic (exact) mass is 296 g/mol. The van der Waals surface area contributed by atoms with Gasteiger partial charge in [-0.1, -0.05) is 36.4 Å². The maximum atomic E-state index is 8.92. The van der Waals surface area contributed by atoms with Crippen LogP contribution in [0.4, 0.5) is 0 Å². The van der Waals surface area contributed by atoms with Crippen molar-refractivity contribution < 1.29 is 0 Å². The fraction of sp³-hybridized carbons (Fsp3) is 0.0625. The largest absolute Gasteiger partial charge is 0.396 e. The topological polar surface area (TPSA) is 87.9 Å². The van der Waals surface area contributed by atoms with Gasteiger partial charge < -0.3 is 11.2 Å². The zero-order valence-corrected chi connectivity index (χ0v) is 12.4. The first-order valence-corrected chi connectivity index (χ1v) is 7.53. The van der Waals surface area contributed by atoms with Gasteiger partial charge in [0.25, 0.3) is 0 Å². The molecule has 0 unspecified atom stereocenters. The van der Waals surface area contributed by atoms with Crippen molar-refractivity contribution >= 4 is 17.5 Å². The second-order valence-electron chi connectivity index (χ2n) is 4.35. The number of benzene rings is 2. The van der Waals surface area contributed by atoms with Crippen LogP contribution in [0.1, 0.15) is 5.56 Å². The van der Waals surface area contributed by atoms with Crippen molar-refractivity contribution in [3.8, 4) is 17.2 Å². The van der Waals surface area contributed by atoms with Crippen LogP contribution in [0.3, 0.4) is 0 Å². The highest BCUT2D eigenvalue weighted by Crippen LogP contribution is 2.25. The molecule has 0 spiro atoms. The maximum absolute atomic E-state index is 8.92. The minimum Gasteiger partial charge on any atom is -0.396 e. The first-order chi connectivity index (χ1) is 10.2. The molecule has 0 heterocycles. The zero-order valence-electron chi connectivity index (χ0n) is 11.6. The van der Waals surface area contributed by atoms with Gasteiger partial charge in [0.15, 0.2) is 5.70 Å². The average molecular weight is 296 g/mol. The van der Waals surface area contributed by atoms with Crippen molar-refractivity contribution in [2.75, 3.05) is 6.26 Å². The molecular formula is C16H16N4S. The number of allylic oxidation sites excluding steroid dienone is 1. The Labute approximate surface area is 128 Å². The summed E-state index contributed by atoms with van der Waals surface area (Å²) in [5, 5.41) is 8.92. The van der Waals surface area contributed by atoms with E-state index in [4.69, 9.17) is 16.8 Å². The second kappa shape index (κ2) is 6.84. The minimum absolute atomic E-state index is 0.159. The highest BCUT2D eigenvalue weighted by atomic mass is 32.2. The summed E-state index contributed by atoms with van der Waals surface area (Å²) < 4.78 is 0. The first kappa shape index (κ1) is 15.0. The molecular weight excluding hydrogens is 280 g/mol. The lowest BCUT2D eigenvalue weighted by Crippen LogP contribution is -2.23. The van der Waals surface area contributed by atoms with Crippen molar-refractivity contribution in [1.29, 1.82) is 5.26 Å². The zero-order chi connectivity index (χ0) is 15.2. The third-order valence-corrected chi connectivity index (χ3v) is 3.85. The predicted octanol–water partition coefficient (Wildman–Crippen LogP) is 2.69. The molecule has 2 aromatic rings. The number of nitriles is 1. The average Bonchev–Trinajstić information content (AvgIpc) is 2.56. The summed E-state index contributed by atoms with van der Waals surface area (Å²) in [6.45, 7) is 0. The van der Waals surface area contributed by atoms with E-state index in [2.05, 4.69) is 29.9 Å². The maximum Gasteiger partial charge on any atom is 0.151 e. The van der Waals surface area contributed by atoms with Gasteiger partial charge in [-0.3, -0.25) is 0 Å². The van der Waals surface area contributed by atoms with Crippen LogP contribution < -0.4 is 17.0 Å². The number of rotatable bonds is 4. The van der Waals surface area contributed by atoms with Crippen LogP contribution in [0.25, 0.3) is 16.8 Å². The number of nitrogens with zero attached hydrogens (tertiary/aromatic N) is 1. The first-order valence-electron chi connectivity index (χ1n) is 6.31. The molecule has 4 nitrogen and oxygen atoms in total. The summed E-state index contributed by atoms with van der Waals surface area (Å²) in [5.74, 6) is 5.26. The van der Waals surface area contributed by atoms with E-state index in [1.165, 1.54) is 4.90 Å². The molecule has 0 radical (unpaired) electrons.